The topological polar surface area (TPSA) is 102 Å². The molecule has 4 heterocycles. The van der Waals surface area contributed by atoms with Gasteiger partial charge in [-0.3, -0.25) is 9.97 Å². The average molecular weight is 399 g/mol. The van der Waals surface area contributed by atoms with Gasteiger partial charge in [0.05, 0.1) is 11.3 Å². The van der Waals surface area contributed by atoms with Gasteiger partial charge in [0.25, 0.3) is 0 Å². The summed E-state index contributed by atoms with van der Waals surface area (Å²) >= 11 is 0. The van der Waals surface area contributed by atoms with E-state index in [1.54, 1.807) is 18.6 Å². The number of aromatic nitrogens is 4. The van der Waals surface area contributed by atoms with E-state index in [9.17, 15) is 8.42 Å². The number of aryl methyl sites for hydroxylation is 2. The van der Waals surface area contributed by atoms with E-state index in [0.29, 0.717) is 31.2 Å². The fraction of sp³-hybridized carbons (Fsp3) is 0.368. The number of hydrogen-bond donors (Lipinski definition) is 0. The van der Waals surface area contributed by atoms with Crippen LogP contribution in [0.2, 0.25) is 0 Å². The fourth-order valence-electron chi connectivity index (χ4n) is 3.31. The Labute approximate surface area is 163 Å². The summed E-state index contributed by atoms with van der Waals surface area (Å²) < 4.78 is 33.1. The molecule has 1 aliphatic rings. The van der Waals surface area contributed by atoms with E-state index in [0.717, 1.165) is 23.2 Å². The molecular weight excluding hydrogens is 378 g/mol. The van der Waals surface area contributed by atoms with E-state index < -0.39 is 16.1 Å². The molecule has 0 amide bonds. The average Bonchev–Trinajstić information content (AvgIpc) is 3.37. The first-order chi connectivity index (χ1) is 13.5. The van der Waals surface area contributed by atoms with Crippen molar-refractivity contribution >= 4 is 10.0 Å². The molecule has 0 bridgehead atoms. The summed E-state index contributed by atoms with van der Waals surface area (Å²) in [5, 5.41) is 8.21. The van der Waals surface area contributed by atoms with Crippen molar-refractivity contribution in [1.29, 1.82) is 0 Å². The number of pyridine rings is 2. The SMILES string of the molecule is Cc1ccc(-c2nnc([C@@H]3CCCN3S(=O)(=O)CCc3ccncc3)o2)cn1. The van der Waals surface area contributed by atoms with Crippen LogP contribution in [0.1, 0.15) is 36.0 Å². The van der Waals surface area contributed by atoms with Crippen LogP contribution in [-0.2, 0) is 16.4 Å². The van der Waals surface area contributed by atoms with E-state index >= 15 is 0 Å². The second-order valence-corrected chi connectivity index (χ2v) is 8.87. The maximum absolute atomic E-state index is 12.9. The molecule has 3 aromatic heterocycles. The molecule has 0 spiro atoms. The summed E-state index contributed by atoms with van der Waals surface area (Å²) in [6.45, 7) is 2.36. The molecule has 0 radical (unpaired) electrons. The number of hydrogen-bond acceptors (Lipinski definition) is 7. The van der Waals surface area contributed by atoms with E-state index in [1.807, 2.05) is 31.2 Å². The summed E-state index contributed by atoms with van der Waals surface area (Å²) in [7, 11) is -3.44. The highest BCUT2D eigenvalue weighted by Gasteiger charge is 2.38. The molecule has 4 rings (SSSR count). The summed E-state index contributed by atoms with van der Waals surface area (Å²) in [4.78, 5) is 8.19. The minimum Gasteiger partial charge on any atom is -0.419 e. The van der Waals surface area contributed by atoms with Gasteiger partial charge in [0.2, 0.25) is 21.8 Å². The quantitative estimate of drug-likeness (QED) is 0.627. The van der Waals surface area contributed by atoms with Gasteiger partial charge in [0, 0.05) is 30.8 Å². The molecule has 8 nitrogen and oxygen atoms in total. The van der Waals surface area contributed by atoms with Crippen molar-refractivity contribution in [3.8, 4) is 11.5 Å². The summed E-state index contributed by atoms with van der Waals surface area (Å²) in [6.07, 6.45) is 6.88. The number of rotatable bonds is 6. The fourth-order valence-corrected chi connectivity index (χ4v) is 5.03. The molecule has 9 heteroatoms. The standard InChI is InChI=1S/C19H21N5O3S/c1-14-4-5-16(13-21-14)18-22-23-19(27-18)17-3-2-11-24(17)28(25,26)12-8-15-6-9-20-10-7-15/h4-7,9-10,13,17H,2-3,8,11-12H2,1H3/t17-/m0/s1. The molecule has 0 saturated carbocycles. The second kappa shape index (κ2) is 7.76. The van der Waals surface area contributed by atoms with Crippen LogP contribution in [-0.4, -0.2) is 45.2 Å². The van der Waals surface area contributed by atoms with Gasteiger partial charge in [-0.1, -0.05) is 0 Å². The molecule has 28 heavy (non-hydrogen) atoms. The zero-order valence-corrected chi connectivity index (χ0v) is 16.3. The van der Waals surface area contributed by atoms with Gasteiger partial charge in [-0.25, -0.2) is 8.42 Å². The van der Waals surface area contributed by atoms with Crippen LogP contribution in [0.5, 0.6) is 0 Å². The van der Waals surface area contributed by atoms with Gasteiger partial charge >= 0.3 is 0 Å². The van der Waals surface area contributed by atoms with Crippen LogP contribution in [0.15, 0.2) is 47.3 Å². The summed E-state index contributed by atoms with van der Waals surface area (Å²) in [5.41, 5.74) is 2.56. The Morgan fingerprint density at radius 2 is 2.00 bits per heavy atom. The molecule has 3 aromatic rings. The van der Waals surface area contributed by atoms with Crippen LogP contribution < -0.4 is 0 Å². The molecule has 0 unspecified atom stereocenters. The van der Waals surface area contributed by atoms with Crippen molar-refractivity contribution in [2.75, 3.05) is 12.3 Å². The number of nitrogens with zero attached hydrogens (tertiary/aromatic N) is 5. The van der Waals surface area contributed by atoms with Crippen LogP contribution in [0.4, 0.5) is 0 Å². The van der Waals surface area contributed by atoms with Crippen molar-refractivity contribution in [1.82, 2.24) is 24.5 Å². The van der Waals surface area contributed by atoms with Crippen molar-refractivity contribution in [3.63, 3.8) is 0 Å². The molecule has 1 saturated heterocycles. The first kappa shape index (κ1) is 18.7. The Morgan fingerprint density at radius 1 is 1.18 bits per heavy atom. The van der Waals surface area contributed by atoms with E-state index in [4.69, 9.17) is 4.42 Å². The molecule has 0 N–H and O–H groups in total. The van der Waals surface area contributed by atoms with E-state index in [2.05, 4.69) is 20.2 Å². The molecule has 1 aliphatic heterocycles. The highest BCUT2D eigenvalue weighted by atomic mass is 32.2. The number of sulfonamides is 1. The van der Waals surface area contributed by atoms with Gasteiger partial charge in [-0.05, 0) is 56.0 Å². The minimum absolute atomic E-state index is 0.0381. The van der Waals surface area contributed by atoms with E-state index in [1.165, 1.54) is 4.31 Å². The molecule has 0 aliphatic carbocycles. The Kier molecular flexibility index (Phi) is 5.19. The highest BCUT2D eigenvalue weighted by Crippen LogP contribution is 2.35. The minimum atomic E-state index is -3.44. The lowest BCUT2D eigenvalue weighted by Crippen LogP contribution is -2.33. The van der Waals surface area contributed by atoms with Gasteiger partial charge in [-0.15, -0.1) is 10.2 Å². The predicted octanol–water partition coefficient (Wildman–Crippen LogP) is 2.54. The Balaban J connectivity index is 1.51. The van der Waals surface area contributed by atoms with Gasteiger partial charge < -0.3 is 4.42 Å². The van der Waals surface area contributed by atoms with Crippen LogP contribution >= 0.6 is 0 Å². The smallest absolute Gasteiger partial charge is 0.249 e. The second-order valence-electron chi connectivity index (χ2n) is 6.82. The van der Waals surface area contributed by atoms with E-state index in [-0.39, 0.29) is 5.75 Å². The maximum atomic E-state index is 12.9. The Morgan fingerprint density at radius 3 is 2.75 bits per heavy atom. The predicted molar refractivity (Wildman–Crippen MR) is 103 cm³/mol. The van der Waals surface area contributed by atoms with Gasteiger partial charge in [0.15, 0.2) is 0 Å². The molecule has 1 fully saturated rings. The normalized spacial score (nSPS) is 17.8. The zero-order valence-electron chi connectivity index (χ0n) is 15.5. The van der Waals surface area contributed by atoms with Crippen LogP contribution in [0, 0.1) is 6.92 Å². The lowest BCUT2D eigenvalue weighted by Gasteiger charge is -2.21. The lowest BCUT2D eigenvalue weighted by molar-refractivity contribution is 0.332. The van der Waals surface area contributed by atoms with Crippen LogP contribution in [0.25, 0.3) is 11.5 Å². The molecule has 0 aromatic carbocycles. The Hall–Kier alpha value is -2.65. The van der Waals surface area contributed by atoms with Crippen molar-refractivity contribution < 1.29 is 12.8 Å². The third-order valence-electron chi connectivity index (χ3n) is 4.84. The zero-order chi connectivity index (χ0) is 19.6. The molecule has 146 valence electrons. The monoisotopic (exact) mass is 399 g/mol. The van der Waals surface area contributed by atoms with Crippen molar-refractivity contribution in [2.45, 2.75) is 32.2 Å². The van der Waals surface area contributed by atoms with Gasteiger partial charge in [0.1, 0.15) is 6.04 Å². The highest BCUT2D eigenvalue weighted by molar-refractivity contribution is 7.89. The van der Waals surface area contributed by atoms with Crippen LogP contribution in [0.3, 0.4) is 0 Å². The first-order valence-electron chi connectivity index (χ1n) is 9.18. The third-order valence-corrected chi connectivity index (χ3v) is 6.71. The largest absolute Gasteiger partial charge is 0.419 e. The lowest BCUT2D eigenvalue weighted by atomic mass is 10.2. The van der Waals surface area contributed by atoms with Crippen molar-refractivity contribution in [2.24, 2.45) is 0 Å². The Bertz CT molecular complexity index is 1030. The third kappa shape index (κ3) is 3.95. The first-order valence-corrected chi connectivity index (χ1v) is 10.8. The molecular formula is C19H21N5O3S. The summed E-state index contributed by atoms with van der Waals surface area (Å²) in [6, 6.07) is 6.97. The van der Waals surface area contributed by atoms with Crippen molar-refractivity contribution in [3.05, 3.63) is 60.0 Å². The van der Waals surface area contributed by atoms with Gasteiger partial charge in [-0.2, -0.15) is 4.31 Å². The molecule has 1 atom stereocenters. The maximum Gasteiger partial charge on any atom is 0.249 e. The summed E-state index contributed by atoms with van der Waals surface area (Å²) in [5.74, 6) is 0.722.